The van der Waals surface area contributed by atoms with Crippen LogP contribution >= 0.6 is 0 Å². The number of pyridine rings is 1. The average molecular weight is 387 g/mol. The van der Waals surface area contributed by atoms with E-state index in [0.29, 0.717) is 5.91 Å². The van der Waals surface area contributed by atoms with Gasteiger partial charge in [-0.15, -0.1) is 0 Å². The number of aryl methyl sites for hydroxylation is 1. The van der Waals surface area contributed by atoms with E-state index in [1.165, 1.54) is 5.56 Å². The van der Waals surface area contributed by atoms with E-state index < -0.39 is 0 Å². The summed E-state index contributed by atoms with van der Waals surface area (Å²) in [6, 6.07) is 4.16. The fourth-order valence-electron chi connectivity index (χ4n) is 3.98. The predicted octanol–water partition coefficient (Wildman–Crippen LogP) is 1.14. The zero-order valence-corrected chi connectivity index (χ0v) is 17.5. The fourth-order valence-corrected chi connectivity index (χ4v) is 3.98. The third kappa shape index (κ3) is 5.22. The minimum Gasteiger partial charge on any atom is -0.356 e. The highest BCUT2D eigenvalue weighted by Gasteiger charge is 2.30. The first-order valence-corrected chi connectivity index (χ1v) is 10.5. The van der Waals surface area contributed by atoms with E-state index in [0.717, 1.165) is 76.7 Å². The molecule has 0 aromatic carbocycles. The molecule has 1 aromatic rings. The SMILES string of the molecule is CN=C(NCCc1ccc(C)nc1)N1CCN(C(C)C(=O)N2CCCC2)CC1. The molecular weight excluding hydrogens is 352 g/mol. The van der Waals surface area contributed by atoms with Crippen molar-refractivity contribution in [3.05, 3.63) is 29.6 Å². The number of hydrogen-bond donors (Lipinski definition) is 1. The Labute approximate surface area is 168 Å². The average Bonchev–Trinajstić information content (AvgIpc) is 3.26. The molecule has 0 radical (unpaired) electrons. The highest BCUT2D eigenvalue weighted by Crippen LogP contribution is 2.14. The number of aromatic nitrogens is 1. The largest absolute Gasteiger partial charge is 0.356 e. The van der Waals surface area contributed by atoms with Crippen LogP contribution in [-0.2, 0) is 11.2 Å². The number of amides is 1. The van der Waals surface area contributed by atoms with Gasteiger partial charge >= 0.3 is 0 Å². The number of aliphatic imine (C=N–C) groups is 1. The number of likely N-dealkylation sites (tertiary alicyclic amines) is 1. The molecule has 3 heterocycles. The van der Waals surface area contributed by atoms with Gasteiger partial charge in [0.05, 0.1) is 6.04 Å². The van der Waals surface area contributed by atoms with Crippen molar-refractivity contribution in [3.8, 4) is 0 Å². The lowest BCUT2D eigenvalue weighted by atomic mass is 10.2. The number of nitrogens with zero attached hydrogens (tertiary/aromatic N) is 5. The highest BCUT2D eigenvalue weighted by atomic mass is 16.2. The molecule has 0 spiro atoms. The summed E-state index contributed by atoms with van der Waals surface area (Å²) in [5.41, 5.74) is 2.27. The summed E-state index contributed by atoms with van der Waals surface area (Å²) in [5.74, 6) is 1.23. The Hall–Kier alpha value is -2.15. The van der Waals surface area contributed by atoms with Crippen molar-refractivity contribution in [1.82, 2.24) is 25.0 Å². The molecular formula is C21H34N6O. The summed E-state index contributed by atoms with van der Waals surface area (Å²) >= 11 is 0. The van der Waals surface area contributed by atoms with Crippen molar-refractivity contribution < 1.29 is 4.79 Å². The van der Waals surface area contributed by atoms with Crippen molar-refractivity contribution in [2.45, 2.75) is 39.2 Å². The van der Waals surface area contributed by atoms with E-state index in [2.05, 4.69) is 38.1 Å². The van der Waals surface area contributed by atoms with E-state index in [-0.39, 0.29) is 6.04 Å². The van der Waals surface area contributed by atoms with Crippen molar-refractivity contribution in [1.29, 1.82) is 0 Å². The smallest absolute Gasteiger partial charge is 0.239 e. The summed E-state index contributed by atoms with van der Waals surface area (Å²) in [5, 5.41) is 3.47. The quantitative estimate of drug-likeness (QED) is 0.607. The molecule has 2 saturated heterocycles. The molecule has 1 amide bonds. The van der Waals surface area contributed by atoms with Crippen LogP contribution in [0.1, 0.15) is 31.0 Å². The minimum absolute atomic E-state index is 0.0238. The number of hydrogen-bond acceptors (Lipinski definition) is 4. The van der Waals surface area contributed by atoms with Gasteiger partial charge in [-0.2, -0.15) is 0 Å². The summed E-state index contributed by atoms with van der Waals surface area (Å²) in [4.78, 5) is 28.1. The van der Waals surface area contributed by atoms with Gasteiger partial charge < -0.3 is 15.1 Å². The summed E-state index contributed by atoms with van der Waals surface area (Å²) < 4.78 is 0. The molecule has 0 aliphatic carbocycles. The maximum absolute atomic E-state index is 12.6. The molecule has 1 unspecified atom stereocenters. The normalized spacial score (nSPS) is 19.8. The molecule has 2 aliphatic rings. The van der Waals surface area contributed by atoms with Gasteiger partial charge in [0.2, 0.25) is 5.91 Å². The minimum atomic E-state index is -0.0238. The molecule has 2 aliphatic heterocycles. The van der Waals surface area contributed by atoms with Crippen LogP contribution in [0.2, 0.25) is 0 Å². The van der Waals surface area contributed by atoms with Crippen molar-refractivity contribution in [3.63, 3.8) is 0 Å². The Bertz CT molecular complexity index is 660. The van der Waals surface area contributed by atoms with Crippen LogP contribution in [0, 0.1) is 6.92 Å². The molecule has 28 heavy (non-hydrogen) atoms. The number of nitrogens with one attached hydrogen (secondary N) is 1. The second-order valence-corrected chi connectivity index (χ2v) is 7.76. The Balaban J connectivity index is 1.43. The van der Waals surface area contributed by atoms with E-state index in [4.69, 9.17) is 0 Å². The third-order valence-electron chi connectivity index (χ3n) is 5.82. The number of carbonyl (C=O) groups is 1. The molecule has 0 saturated carbocycles. The maximum Gasteiger partial charge on any atom is 0.239 e. The first-order valence-electron chi connectivity index (χ1n) is 10.5. The van der Waals surface area contributed by atoms with Gasteiger partial charge in [0.15, 0.2) is 5.96 Å². The molecule has 1 N–H and O–H groups in total. The van der Waals surface area contributed by atoms with Gasteiger partial charge in [-0.1, -0.05) is 6.07 Å². The third-order valence-corrected chi connectivity index (χ3v) is 5.82. The van der Waals surface area contributed by atoms with Crippen LogP contribution in [0.3, 0.4) is 0 Å². The standard InChI is InChI=1S/C21H34N6O/c1-17-6-7-19(16-24-17)8-9-23-21(22-3)27-14-12-25(13-15-27)18(2)20(28)26-10-4-5-11-26/h6-7,16,18H,4-5,8-15H2,1-3H3,(H,22,23). The highest BCUT2D eigenvalue weighted by molar-refractivity contribution is 5.82. The van der Waals surface area contributed by atoms with Crippen LogP contribution in [0.4, 0.5) is 0 Å². The predicted molar refractivity (Wildman–Crippen MR) is 112 cm³/mol. The topological polar surface area (TPSA) is 64.1 Å². The van der Waals surface area contributed by atoms with Crippen LogP contribution < -0.4 is 5.32 Å². The van der Waals surface area contributed by atoms with E-state index in [1.807, 2.05) is 31.1 Å². The molecule has 154 valence electrons. The second-order valence-electron chi connectivity index (χ2n) is 7.76. The molecule has 0 bridgehead atoms. The Morgan fingerprint density at radius 3 is 2.46 bits per heavy atom. The molecule has 7 nitrogen and oxygen atoms in total. The number of piperazine rings is 1. The van der Waals surface area contributed by atoms with Gasteiger partial charge in [-0.25, -0.2) is 0 Å². The Morgan fingerprint density at radius 1 is 1.14 bits per heavy atom. The summed E-state index contributed by atoms with van der Waals surface area (Å²) in [6.07, 6.45) is 5.16. The monoisotopic (exact) mass is 386 g/mol. The summed E-state index contributed by atoms with van der Waals surface area (Å²) in [6.45, 7) is 10.3. The van der Waals surface area contributed by atoms with Gasteiger partial charge in [-0.05, 0) is 44.7 Å². The zero-order valence-electron chi connectivity index (χ0n) is 17.5. The molecule has 1 atom stereocenters. The van der Waals surface area contributed by atoms with E-state index in [9.17, 15) is 4.79 Å². The van der Waals surface area contributed by atoms with Gasteiger partial charge in [0.1, 0.15) is 0 Å². The van der Waals surface area contributed by atoms with Crippen LogP contribution in [-0.4, -0.2) is 90.5 Å². The van der Waals surface area contributed by atoms with Crippen molar-refractivity contribution in [2.75, 3.05) is 52.9 Å². The molecule has 7 heteroatoms. The maximum atomic E-state index is 12.6. The lowest BCUT2D eigenvalue weighted by Gasteiger charge is -2.39. The first kappa shape index (κ1) is 20.6. The molecule has 2 fully saturated rings. The van der Waals surface area contributed by atoms with E-state index >= 15 is 0 Å². The number of guanidine groups is 1. The number of rotatable bonds is 5. The number of carbonyl (C=O) groups excluding carboxylic acids is 1. The fraction of sp³-hybridized carbons (Fsp3) is 0.667. The lowest BCUT2D eigenvalue weighted by molar-refractivity contribution is -0.135. The van der Waals surface area contributed by atoms with Crippen LogP contribution in [0.5, 0.6) is 0 Å². The summed E-state index contributed by atoms with van der Waals surface area (Å²) in [7, 11) is 1.83. The van der Waals surface area contributed by atoms with Crippen LogP contribution in [0.15, 0.2) is 23.3 Å². The van der Waals surface area contributed by atoms with Gasteiger partial charge in [0, 0.05) is 64.8 Å². The Kier molecular flexibility index (Phi) is 7.25. The second kappa shape index (κ2) is 9.87. The lowest BCUT2D eigenvalue weighted by Crippen LogP contribution is -2.57. The molecule has 1 aromatic heterocycles. The van der Waals surface area contributed by atoms with Gasteiger partial charge in [0.25, 0.3) is 0 Å². The van der Waals surface area contributed by atoms with Crippen molar-refractivity contribution >= 4 is 11.9 Å². The van der Waals surface area contributed by atoms with Crippen LogP contribution in [0.25, 0.3) is 0 Å². The van der Waals surface area contributed by atoms with E-state index in [1.54, 1.807) is 0 Å². The van der Waals surface area contributed by atoms with Crippen molar-refractivity contribution in [2.24, 2.45) is 4.99 Å². The Morgan fingerprint density at radius 2 is 1.86 bits per heavy atom. The van der Waals surface area contributed by atoms with Gasteiger partial charge in [-0.3, -0.25) is 19.7 Å². The molecule has 3 rings (SSSR count). The first-order chi connectivity index (χ1) is 13.6. The zero-order chi connectivity index (χ0) is 19.9.